The summed E-state index contributed by atoms with van der Waals surface area (Å²) in [6, 6.07) is 9.73. The van der Waals surface area contributed by atoms with E-state index >= 15 is 0 Å². The molecule has 48 valence electrons. The second-order valence-corrected chi connectivity index (χ2v) is 1.99. The molecule has 0 radical (unpaired) electrons. The zero-order valence-corrected chi connectivity index (χ0v) is 5.67. The van der Waals surface area contributed by atoms with Crippen molar-refractivity contribution in [1.29, 1.82) is 0 Å². The number of rotatable bonds is 1. The third-order valence-corrected chi connectivity index (χ3v) is 1.30. The van der Waals surface area contributed by atoms with Crippen LogP contribution in [0.3, 0.4) is 0 Å². The monoisotopic (exact) mass is 128 g/mol. The van der Waals surface area contributed by atoms with Crippen molar-refractivity contribution in [2.24, 2.45) is 0 Å². The molecule has 0 heterocycles. The van der Waals surface area contributed by atoms with Crippen molar-refractivity contribution in [2.75, 3.05) is 0 Å². The van der Waals surface area contributed by atoms with Gasteiger partial charge in [-0.15, -0.1) is 6.42 Å². The minimum absolute atomic E-state index is 0.737. The largest absolute Gasteiger partial charge is 0.115 e. The first kappa shape index (κ1) is 6.64. The quantitative estimate of drug-likeness (QED) is 0.509. The van der Waals surface area contributed by atoms with E-state index in [9.17, 15) is 0 Å². The highest BCUT2D eigenvalue weighted by Gasteiger charge is 1.89. The molecule has 0 spiro atoms. The third kappa shape index (κ3) is 1.27. The number of benzene rings is 1. The van der Waals surface area contributed by atoms with Gasteiger partial charge in [-0.3, -0.25) is 0 Å². The summed E-state index contributed by atoms with van der Waals surface area (Å²) < 4.78 is 0. The van der Waals surface area contributed by atoms with E-state index in [0.717, 1.165) is 11.1 Å². The first-order chi connectivity index (χ1) is 4.84. The molecule has 0 nitrogen and oxygen atoms in total. The zero-order chi connectivity index (χ0) is 7.40. The fraction of sp³-hybridized carbons (Fsp3) is 0. The summed E-state index contributed by atoms with van der Waals surface area (Å²) >= 11 is 0. The molecule has 0 unspecified atom stereocenters. The average Bonchev–Trinajstić information content (AvgIpc) is 2.05. The van der Waals surface area contributed by atoms with Crippen LogP contribution in [0, 0.1) is 12.3 Å². The Balaban J connectivity index is 2.99. The zero-order valence-electron chi connectivity index (χ0n) is 5.67. The van der Waals surface area contributed by atoms with Crippen molar-refractivity contribution < 1.29 is 0 Å². The van der Waals surface area contributed by atoms with Crippen molar-refractivity contribution in [3.05, 3.63) is 42.5 Å². The first-order valence-corrected chi connectivity index (χ1v) is 3.05. The SMILES string of the molecule is C#CC(=C)c1ccccc1. The van der Waals surface area contributed by atoms with Gasteiger partial charge in [-0.1, -0.05) is 42.8 Å². The van der Waals surface area contributed by atoms with Crippen LogP contribution < -0.4 is 0 Å². The average molecular weight is 128 g/mol. The lowest BCUT2D eigenvalue weighted by atomic mass is 10.1. The Hall–Kier alpha value is -1.48. The second kappa shape index (κ2) is 2.89. The Morgan fingerprint density at radius 1 is 1.30 bits per heavy atom. The number of hydrogen-bond donors (Lipinski definition) is 0. The molecular formula is C10H8. The fourth-order valence-electron chi connectivity index (χ4n) is 0.723. The first-order valence-electron chi connectivity index (χ1n) is 3.05. The summed E-state index contributed by atoms with van der Waals surface area (Å²) in [7, 11) is 0. The van der Waals surface area contributed by atoms with Crippen LogP contribution in [0.15, 0.2) is 36.9 Å². The van der Waals surface area contributed by atoms with E-state index in [1.54, 1.807) is 0 Å². The summed E-state index contributed by atoms with van der Waals surface area (Å²) in [6.45, 7) is 3.71. The number of allylic oxidation sites excluding steroid dienone is 1. The van der Waals surface area contributed by atoms with Crippen molar-refractivity contribution in [3.8, 4) is 12.3 Å². The van der Waals surface area contributed by atoms with Crippen LogP contribution in [0.5, 0.6) is 0 Å². The summed E-state index contributed by atoms with van der Waals surface area (Å²) in [5.74, 6) is 2.49. The van der Waals surface area contributed by atoms with Crippen LogP contribution >= 0.6 is 0 Å². The molecule has 0 fully saturated rings. The van der Waals surface area contributed by atoms with Crippen LogP contribution in [0.4, 0.5) is 0 Å². The molecule has 0 atom stereocenters. The van der Waals surface area contributed by atoms with E-state index in [-0.39, 0.29) is 0 Å². The molecule has 0 N–H and O–H groups in total. The van der Waals surface area contributed by atoms with Crippen molar-refractivity contribution in [2.45, 2.75) is 0 Å². The van der Waals surface area contributed by atoms with Crippen LogP contribution in [0.2, 0.25) is 0 Å². The molecule has 0 heteroatoms. The van der Waals surface area contributed by atoms with Crippen molar-refractivity contribution in [1.82, 2.24) is 0 Å². The van der Waals surface area contributed by atoms with Gasteiger partial charge in [-0.25, -0.2) is 0 Å². The molecule has 0 amide bonds. The second-order valence-electron chi connectivity index (χ2n) is 1.99. The van der Waals surface area contributed by atoms with Gasteiger partial charge in [0, 0.05) is 5.57 Å². The maximum Gasteiger partial charge on any atom is 0.0243 e. The standard InChI is InChI=1S/C10H8/c1-3-9(2)10-7-5-4-6-8-10/h1,4-8H,2H2. The minimum atomic E-state index is 0.737. The smallest absolute Gasteiger partial charge is 0.0243 e. The summed E-state index contributed by atoms with van der Waals surface area (Å²) in [6.07, 6.45) is 5.15. The Labute approximate surface area is 61.2 Å². The Bertz CT molecular complexity index is 262. The van der Waals surface area contributed by atoms with Gasteiger partial charge in [-0.2, -0.15) is 0 Å². The van der Waals surface area contributed by atoms with Gasteiger partial charge in [0.2, 0.25) is 0 Å². The van der Waals surface area contributed by atoms with E-state index < -0.39 is 0 Å². The predicted molar refractivity (Wildman–Crippen MR) is 44.3 cm³/mol. The van der Waals surface area contributed by atoms with Crippen molar-refractivity contribution >= 4 is 5.57 Å². The molecule has 0 aliphatic heterocycles. The van der Waals surface area contributed by atoms with Gasteiger partial charge in [0.15, 0.2) is 0 Å². The predicted octanol–water partition coefficient (Wildman–Crippen LogP) is 2.33. The normalized spacial score (nSPS) is 8.30. The topological polar surface area (TPSA) is 0 Å². The molecular weight excluding hydrogens is 120 g/mol. The van der Waals surface area contributed by atoms with E-state index in [1.807, 2.05) is 30.3 Å². The highest BCUT2D eigenvalue weighted by molar-refractivity contribution is 5.75. The van der Waals surface area contributed by atoms with Crippen LogP contribution in [-0.4, -0.2) is 0 Å². The molecule has 0 bridgehead atoms. The highest BCUT2D eigenvalue weighted by atomic mass is 13.9. The lowest BCUT2D eigenvalue weighted by molar-refractivity contribution is 1.64. The van der Waals surface area contributed by atoms with Gasteiger partial charge in [-0.05, 0) is 5.56 Å². The number of terminal acetylenes is 1. The van der Waals surface area contributed by atoms with E-state index in [1.165, 1.54) is 0 Å². The summed E-state index contributed by atoms with van der Waals surface area (Å²) in [5.41, 5.74) is 1.76. The van der Waals surface area contributed by atoms with E-state index in [2.05, 4.69) is 12.5 Å². The van der Waals surface area contributed by atoms with Crippen LogP contribution in [0.1, 0.15) is 5.56 Å². The highest BCUT2D eigenvalue weighted by Crippen LogP contribution is 2.08. The van der Waals surface area contributed by atoms with Crippen LogP contribution in [-0.2, 0) is 0 Å². The molecule has 1 aromatic carbocycles. The maximum atomic E-state index is 5.15. The minimum Gasteiger partial charge on any atom is -0.115 e. The van der Waals surface area contributed by atoms with Gasteiger partial charge in [0.25, 0.3) is 0 Å². The lowest BCUT2D eigenvalue weighted by Gasteiger charge is -1.94. The lowest BCUT2D eigenvalue weighted by Crippen LogP contribution is -1.75. The Morgan fingerprint density at radius 2 is 1.90 bits per heavy atom. The molecule has 0 aliphatic rings. The molecule has 1 rings (SSSR count). The Morgan fingerprint density at radius 3 is 2.40 bits per heavy atom. The summed E-state index contributed by atoms with van der Waals surface area (Å²) in [4.78, 5) is 0. The van der Waals surface area contributed by atoms with Gasteiger partial charge in [0.05, 0.1) is 0 Å². The van der Waals surface area contributed by atoms with Gasteiger partial charge in [0.1, 0.15) is 0 Å². The number of hydrogen-bond acceptors (Lipinski definition) is 0. The molecule has 0 aliphatic carbocycles. The third-order valence-electron chi connectivity index (χ3n) is 1.30. The van der Waals surface area contributed by atoms with E-state index in [4.69, 9.17) is 6.42 Å². The fourth-order valence-corrected chi connectivity index (χ4v) is 0.723. The maximum absolute atomic E-state index is 5.15. The molecule has 0 aromatic heterocycles. The molecule has 1 aromatic rings. The molecule has 10 heavy (non-hydrogen) atoms. The van der Waals surface area contributed by atoms with Gasteiger partial charge < -0.3 is 0 Å². The summed E-state index contributed by atoms with van der Waals surface area (Å²) in [5, 5.41) is 0. The van der Waals surface area contributed by atoms with E-state index in [0.29, 0.717) is 0 Å². The van der Waals surface area contributed by atoms with Gasteiger partial charge >= 0.3 is 0 Å². The van der Waals surface area contributed by atoms with Crippen LogP contribution in [0.25, 0.3) is 5.57 Å². The van der Waals surface area contributed by atoms with Crippen molar-refractivity contribution in [3.63, 3.8) is 0 Å². The molecule has 0 saturated heterocycles. The Kier molecular flexibility index (Phi) is 1.92. The molecule has 0 saturated carbocycles.